The van der Waals surface area contributed by atoms with Crippen molar-refractivity contribution in [1.29, 1.82) is 0 Å². The molecule has 4 nitrogen and oxygen atoms in total. The number of aromatic nitrogens is 2. The van der Waals surface area contributed by atoms with Crippen LogP contribution in [0, 0.1) is 11.6 Å². The zero-order valence-electron chi connectivity index (χ0n) is 18.9. The van der Waals surface area contributed by atoms with Gasteiger partial charge in [-0.25, -0.2) is 8.78 Å². The fraction of sp³-hybridized carbons (Fsp3) is 0.296. The van der Waals surface area contributed by atoms with Crippen molar-refractivity contribution in [1.82, 2.24) is 15.1 Å². The first kappa shape index (κ1) is 22.8. The van der Waals surface area contributed by atoms with E-state index in [0.717, 1.165) is 73.4 Å². The van der Waals surface area contributed by atoms with Crippen LogP contribution >= 0.6 is 11.6 Å². The first-order chi connectivity index (χ1) is 16.6. The summed E-state index contributed by atoms with van der Waals surface area (Å²) in [4.78, 5) is 4.80. The summed E-state index contributed by atoms with van der Waals surface area (Å²) in [5, 5.41) is 9.40. The lowest BCUT2D eigenvalue weighted by atomic mass is 9.87. The maximum absolute atomic E-state index is 13.5. The van der Waals surface area contributed by atoms with Gasteiger partial charge in [-0.15, -0.1) is 0 Å². The molecular weight excluding hydrogens is 454 g/mol. The van der Waals surface area contributed by atoms with E-state index in [-0.39, 0.29) is 17.6 Å². The van der Waals surface area contributed by atoms with Crippen molar-refractivity contribution in [3.8, 4) is 0 Å². The molecule has 5 rings (SSSR count). The normalized spacial score (nSPS) is 14.9. The average molecular weight is 481 g/mol. The smallest absolute Gasteiger partial charge is 0.158 e. The number of fused-ring (bicyclic) bond motifs is 1. The van der Waals surface area contributed by atoms with Crippen LogP contribution in [0.25, 0.3) is 10.9 Å². The molecule has 1 aromatic heterocycles. The molecular formula is C27H27ClF2N4. The van der Waals surface area contributed by atoms with Crippen LogP contribution in [0.1, 0.15) is 29.9 Å². The minimum absolute atomic E-state index is 0.115. The van der Waals surface area contributed by atoms with Gasteiger partial charge in [0.15, 0.2) is 5.82 Å². The van der Waals surface area contributed by atoms with E-state index in [1.54, 1.807) is 0 Å². The van der Waals surface area contributed by atoms with Gasteiger partial charge in [-0.3, -0.25) is 10.00 Å². The van der Waals surface area contributed by atoms with Gasteiger partial charge in [0.2, 0.25) is 0 Å². The molecule has 0 aliphatic carbocycles. The highest BCUT2D eigenvalue weighted by atomic mass is 35.5. The summed E-state index contributed by atoms with van der Waals surface area (Å²) < 4.78 is 26.9. The first-order valence-corrected chi connectivity index (χ1v) is 12.1. The van der Waals surface area contributed by atoms with Crippen molar-refractivity contribution in [2.45, 2.75) is 18.8 Å². The lowest BCUT2D eigenvalue weighted by Crippen LogP contribution is -2.46. The number of nitrogens with zero attached hydrogens (tertiary/aromatic N) is 3. The number of anilines is 1. The summed E-state index contributed by atoms with van der Waals surface area (Å²) >= 11 is 6.09. The van der Waals surface area contributed by atoms with Gasteiger partial charge in [0.05, 0.1) is 5.52 Å². The molecule has 34 heavy (non-hydrogen) atoms. The minimum atomic E-state index is -0.243. The number of piperazine rings is 1. The predicted molar refractivity (Wildman–Crippen MR) is 134 cm³/mol. The molecule has 0 atom stereocenters. The molecule has 3 aromatic carbocycles. The number of rotatable bonds is 7. The quantitative estimate of drug-likeness (QED) is 0.340. The van der Waals surface area contributed by atoms with Crippen LogP contribution in [0.4, 0.5) is 14.6 Å². The summed E-state index contributed by atoms with van der Waals surface area (Å²) in [5.41, 5.74) is 3.07. The van der Waals surface area contributed by atoms with Gasteiger partial charge in [0, 0.05) is 42.5 Å². The summed E-state index contributed by atoms with van der Waals surface area (Å²) in [6, 6.07) is 19.2. The third-order valence-electron chi connectivity index (χ3n) is 6.69. The second kappa shape index (κ2) is 10.1. The number of H-pyrrole nitrogens is 1. The van der Waals surface area contributed by atoms with Crippen LogP contribution in [0.15, 0.2) is 66.7 Å². The molecule has 176 valence electrons. The Morgan fingerprint density at radius 2 is 1.47 bits per heavy atom. The SMILES string of the molecule is Fc1ccc(C(CCCN2CCN(c3n[nH]c4cc(Cl)ccc34)CC2)c2ccc(F)cc2)cc1. The lowest BCUT2D eigenvalue weighted by molar-refractivity contribution is 0.251. The van der Waals surface area contributed by atoms with Crippen LogP contribution in [-0.4, -0.2) is 47.8 Å². The van der Waals surface area contributed by atoms with E-state index in [9.17, 15) is 8.78 Å². The molecule has 1 fully saturated rings. The van der Waals surface area contributed by atoms with E-state index in [1.165, 1.54) is 24.3 Å². The van der Waals surface area contributed by atoms with Crippen LogP contribution in [0.2, 0.25) is 5.02 Å². The third-order valence-corrected chi connectivity index (χ3v) is 6.92. The molecule has 1 aliphatic heterocycles. The van der Waals surface area contributed by atoms with E-state index in [1.807, 2.05) is 42.5 Å². The van der Waals surface area contributed by atoms with Crippen molar-refractivity contribution in [2.24, 2.45) is 0 Å². The molecule has 1 N–H and O–H groups in total. The number of hydrogen-bond donors (Lipinski definition) is 1. The molecule has 0 radical (unpaired) electrons. The van der Waals surface area contributed by atoms with Crippen LogP contribution < -0.4 is 4.90 Å². The van der Waals surface area contributed by atoms with Crippen molar-refractivity contribution in [3.05, 3.63) is 94.5 Å². The Morgan fingerprint density at radius 3 is 2.09 bits per heavy atom. The van der Waals surface area contributed by atoms with Crippen molar-refractivity contribution in [2.75, 3.05) is 37.6 Å². The first-order valence-electron chi connectivity index (χ1n) is 11.7. The maximum atomic E-state index is 13.5. The molecule has 0 spiro atoms. The zero-order chi connectivity index (χ0) is 23.5. The summed E-state index contributed by atoms with van der Waals surface area (Å²) in [7, 11) is 0. The van der Waals surface area contributed by atoms with Crippen molar-refractivity contribution >= 4 is 28.3 Å². The molecule has 0 saturated carbocycles. The second-order valence-electron chi connectivity index (χ2n) is 8.86. The number of benzene rings is 3. The second-order valence-corrected chi connectivity index (χ2v) is 9.30. The minimum Gasteiger partial charge on any atom is -0.352 e. The fourth-order valence-electron chi connectivity index (χ4n) is 4.84. The molecule has 0 amide bonds. The van der Waals surface area contributed by atoms with Gasteiger partial charge in [-0.05, 0) is 73.0 Å². The lowest BCUT2D eigenvalue weighted by Gasteiger charge is -2.35. The fourth-order valence-corrected chi connectivity index (χ4v) is 5.01. The molecule has 0 unspecified atom stereocenters. The highest BCUT2D eigenvalue weighted by Gasteiger charge is 2.21. The van der Waals surface area contributed by atoms with Crippen molar-refractivity contribution < 1.29 is 8.78 Å². The average Bonchev–Trinajstić information content (AvgIpc) is 3.27. The van der Waals surface area contributed by atoms with E-state index in [0.29, 0.717) is 5.02 Å². The Labute approximate surface area is 203 Å². The van der Waals surface area contributed by atoms with Crippen molar-refractivity contribution in [3.63, 3.8) is 0 Å². The molecule has 0 bridgehead atoms. The molecule has 2 heterocycles. The largest absolute Gasteiger partial charge is 0.352 e. The Balaban J connectivity index is 1.19. The van der Waals surface area contributed by atoms with Gasteiger partial charge in [0.25, 0.3) is 0 Å². The number of nitrogens with one attached hydrogen (secondary N) is 1. The molecule has 1 saturated heterocycles. The zero-order valence-corrected chi connectivity index (χ0v) is 19.6. The van der Waals surface area contributed by atoms with E-state index in [2.05, 4.69) is 20.0 Å². The Hall–Kier alpha value is -2.96. The predicted octanol–water partition coefficient (Wildman–Crippen LogP) is 6.23. The Morgan fingerprint density at radius 1 is 0.853 bits per heavy atom. The number of aromatic amines is 1. The maximum Gasteiger partial charge on any atom is 0.158 e. The molecule has 4 aromatic rings. The summed E-state index contributed by atoms with van der Waals surface area (Å²) in [5.74, 6) is 0.614. The Kier molecular flexibility index (Phi) is 6.79. The Bertz CT molecular complexity index is 1190. The van der Waals surface area contributed by atoms with Crippen LogP contribution in [-0.2, 0) is 0 Å². The number of halogens is 3. The number of hydrogen-bond acceptors (Lipinski definition) is 3. The van der Waals surface area contributed by atoms with Crippen LogP contribution in [0.5, 0.6) is 0 Å². The van der Waals surface area contributed by atoms with Gasteiger partial charge in [0.1, 0.15) is 11.6 Å². The highest BCUT2D eigenvalue weighted by molar-refractivity contribution is 6.31. The standard InChI is InChI=1S/C27H27ClF2N4/c28-21-7-12-25-26(18-21)31-32-27(25)34-16-14-33(15-17-34)13-1-2-24(19-3-8-22(29)9-4-19)20-5-10-23(30)11-6-20/h3-12,18,24H,1-2,13-17H2,(H,31,32). The van der Waals surface area contributed by atoms with E-state index in [4.69, 9.17) is 11.6 Å². The summed E-state index contributed by atoms with van der Waals surface area (Å²) in [6.45, 7) is 4.77. The van der Waals surface area contributed by atoms with Crippen LogP contribution in [0.3, 0.4) is 0 Å². The molecule has 7 heteroatoms. The molecule has 1 aliphatic rings. The van der Waals surface area contributed by atoms with Gasteiger partial charge >= 0.3 is 0 Å². The third kappa shape index (κ3) is 5.08. The highest BCUT2D eigenvalue weighted by Crippen LogP contribution is 2.30. The summed E-state index contributed by atoms with van der Waals surface area (Å²) in [6.07, 6.45) is 1.92. The van der Waals surface area contributed by atoms with Gasteiger partial charge in [-0.2, -0.15) is 5.10 Å². The van der Waals surface area contributed by atoms with Gasteiger partial charge < -0.3 is 4.90 Å². The van der Waals surface area contributed by atoms with Gasteiger partial charge in [-0.1, -0.05) is 35.9 Å². The van der Waals surface area contributed by atoms with E-state index >= 15 is 0 Å². The van der Waals surface area contributed by atoms with E-state index < -0.39 is 0 Å². The topological polar surface area (TPSA) is 35.2 Å². The monoisotopic (exact) mass is 480 g/mol.